The molecular formula is C19H16ClNO3. The zero-order chi connectivity index (χ0) is 17.3. The van der Waals surface area contributed by atoms with Crippen LogP contribution < -0.4 is 10.9 Å². The lowest BCUT2D eigenvalue weighted by Crippen LogP contribution is -2.23. The molecule has 0 unspecified atom stereocenters. The summed E-state index contributed by atoms with van der Waals surface area (Å²) in [5.74, 6) is -0.247. The molecule has 3 rings (SSSR count). The van der Waals surface area contributed by atoms with E-state index < -0.39 is 5.63 Å². The van der Waals surface area contributed by atoms with Gasteiger partial charge in [0.05, 0.1) is 0 Å². The number of rotatable bonds is 3. The van der Waals surface area contributed by atoms with Crippen LogP contribution in [-0.4, -0.2) is 5.91 Å². The highest BCUT2D eigenvalue weighted by atomic mass is 35.5. The largest absolute Gasteiger partial charge is 0.423 e. The molecule has 0 saturated heterocycles. The Hall–Kier alpha value is -2.59. The Kier molecular flexibility index (Phi) is 4.40. The van der Waals surface area contributed by atoms with Crippen LogP contribution in [0.25, 0.3) is 11.0 Å². The zero-order valence-electron chi connectivity index (χ0n) is 13.4. The number of halogens is 1. The number of nitrogens with one attached hydrogen (secondary N) is 1. The summed E-state index contributed by atoms with van der Waals surface area (Å²) >= 11 is 5.90. The standard InChI is InChI=1S/C19H16ClNO3/c1-11-6-16-14(9-18(22)24-17(16)7-12(11)2)10-21-19(23)13-4-3-5-15(20)8-13/h3-9H,10H2,1-2H3,(H,21,23). The van der Waals surface area contributed by atoms with Crippen LogP contribution in [0.15, 0.2) is 51.7 Å². The number of carbonyl (C=O) groups excluding carboxylic acids is 1. The van der Waals surface area contributed by atoms with E-state index in [1.54, 1.807) is 24.3 Å². The van der Waals surface area contributed by atoms with Gasteiger partial charge in [-0.05, 0) is 60.9 Å². The van der Waals surface area contributed by atoms with Gasteiger partial charge >= 0.3 is 5.63 Å². The van der Waals surface area contributed by atoms with E-state index in [9.17, 15) is 9.59 Å². The van der Waals surface area contributed by atoms with Gasteiger partial charge in [-0.2, -0.15) is 0 Å². The van der Waals surface area contributed by atoms with Crippen LogP contribution >= 0.6 is 11.6 Å². The maximum Gasteiger partial charge on any atom is 0.336 e. The van der Waals surface area contributed by atoms with Crippen LogP contribution in [0.2, 0.25) is 5.02 Å². The molecule has 1 N–H and O–H groups in total. The van der Waals surface area contributed by atoms with Crippen LogP contribution in [0.3, 0.4) is 0 Å². The molecule has 5 heteroatoms. The van der Waals surface area contributed by atoms with E-state index in [2.05, 4.69) is 5.32 Å². The van der Waals surface area contributed by atoms with Gasteiger partial charge in [-0.1, -0.05) is 17.7 Å². The monoisotopic (exact) mass is 341 g/mol. The SMILES string of the molecule is Cc1cc2oc(=O)cc(CNC(=O)c3cccc(Cl)c3)c2cc1C. The van der Waals surface area contributed by atoms with Gasteiger partial charge in [0.1, 0.15) is 5.58 Å². The first-order valence-electron chi connectivity index (χ1n) is 7.52. The van der Waals surface area contributed by atoms with E-state index in [1.807, 2.05) is 26.0 Å². The number of benzene rings is 2. The Morgan fingerprint density at radius 1 is 1.12 bits per heavy atom. The molecule has 4 nitrogen and oxygen atoms in total. The molecule has 3 aromatic rings. The molecule has 0 spiro atoms. The minimum Gasteiger partial charge on any atom is -0.423 e. The number of aryl methyl sites for hydroxylation is 2. The van der Waals surface area contributed by atoms with Crippen LogP contribution in [0.4, 0.5) is 0 Å². The Morgan fingerprint density at radius 3 is 2.62 bits per heavy atom. The highest BCUT2D eigenvalue weighted by Gasteiger charge is 2.10. The highest BCUT2D eigenvalue weighted by Crippen LogP contribution is 2.21. The second kappa shape index (κ2) is 6.49. The Balaban J connectivity index is 1.91. The van der Waals surface area contributed by atoms with Crippen molar-refractivity contribution in [1.29, 1.82) is 0 Å². The van der Waals surface area contributed by atoms with Crippen molar-refractivity contribution in [3.63, 3.8) is 0 Å². The van der Waals surface area contributed by atoms with Crippen molar-refractivity contribution >= 4 is 28.5 Å². The molecule has 0 aliphatic carbocycles. The molecule has 0 bridgehead atoms. The molecule has 1 amide bonds. The van der Waals surface area contributed by atoms with E-state index in [1.165, 1.54) is 6.07 Å². The van der Waals surface area contributed by atoms with E-state index in [-0.39, 0.29) is 12.5 Å². The Bertz CT molecular complexity index is 992. The molecule has 0 fully saturated rings. The first kappa shape index (κ1) is 16.3. The minimum absolute atomic E-state index is 0.232. The summed E-state index contributed by atoms with van der Waals surface area (Å²) < 4.78 is 5.26. The van der Waals surface area contributed by atoms with E-state index in [4.69, 9.17) is 16.0 Å². The second-order valence-corrected chi connectivity index (χ2v) is 6.15. The average molecular weight is 342 g/mol. The van der Waals surface area contributed by atoms with E-state index in [0.717, 1.165) is 22.1 Å². The maximum atomic E-state index is 12.2. The molecular weight excluding hydrogens is 326 g/mol. The summed E-state index contributed by atoms with van der Waals surface area (Å²) in [6.45, 7) is 4.19. The smallest absolute Gasteiger partial charge is 0.336 e. The topological polar surface area (TPSA) is 59.3 Å². The van der Waals surface area contributed by atoms with Gasteiger partial charge in [-0.15, -0.1) is 0 Å². The second-order valence-electron chi connectivity index (χ2n) is 5.72. The quantitative estimate of drug-likeness (QED) is 0.733. The van der Waals surface area contributed by atoms with Crippen LogP contribution in [0.1, 0.15) is 27.0 Å². The summed E-state index contributed by atoms with van der Waals surface area (Å²) in [6.07, 6.45) is 0. The van der Waals surface area contributed by atoms with Gasteiger partial charge in [0, 0.05) is 28.6 Å². The van der Waals surface area contributed by atoms with Crippen LogP contribution in [0, 0.1) is 13.8 Å². The summed E-state index contributed by atoms with van der Waals surface area (Å²) in [4.78, 5) is 24.0. The van der Waals surface area contributed by atoms with Gasteiger partial charge in [0.15, 0.2) is 0 Å². The van der Waals surface area contributed by atoms with Crippen molar-refractivity contribution in [3.05, 3.63) is 80.2 Å². The number of hydrogen-bond acceptors (Lipinski definition) is 3. The summed E-state index contributed by atoms with van der Waals surface area (Å²) in [5.41, 5.74) is 3.43. The van der Waals surface area contributed by atoms with Crippen molar-refractivity contribution in [2.24, 2.45) is 0 Å². The number of hydrogen-bond donors (Lipinski definition) is 1. The fourth-order valence-electron chi connectivity index (χ4n) is 2.54. The van der Waals surface area contributed by atoms with Crippen molar-refractivity contribution in [1.82, 2.24) is 5.32 Å². The van der Waals surface area contributed by atoms with Crippen LogP contribution in [-0.2, 0) is 6.54 Å². The van der Waals surface area contributed by atoms with Gasteiger partial charge in [-0.25, -0.2) is 4.79 Å². The third kappa shape index (κ3) is 3.34. The number of carbonyl (C=O) groups is 1. The maximum absolute atomic E-state index is 12.2. The van der Waals surface area contributed by atoms with Crippen LogP contribution in [0.5, 0.6) is 0 Å². The highest BCUT2D eigenvalue weighted by molar-refractivity contribution is 6.30. The fourth-order valence-corrected chi connectivity index (χ4v) is 2.73. The molecule has 0 saturated carbocycles. The zero-order valence-corrected chi connectivity index (χ0v) is 14.1. The molecule has 1 aromatic heterocycles. The van der Waals surface area contributed by atoms with E-state index >= 15 is 0 Å². The van der Waals surface area contributed by atoms with Gasteiger partial charge in [0.2, 0.25) is 0 Å². The molecule has 122 valence electrons. The summed E-state index contributed by atoms with van der Waals surface area (Å²) in [7, 11) is 0. The average Bonchev–Trinajstić information content (AvgIpc) is 2.54. The lowest BCUT2D eigenvalue weighted by atomic mass is 10.0. The summed E-state index contributed by atoms with van der Waals surface area (Å²) in [6, 6.07) is 11.9. The van der Waals surface area contributed by atoms with E-state index in [0.29, 0.717) is 16.2 Å². The van der Waals surface area contributed by atoms with Gasteiger partial charge in [-0.3, -0.25) is 4.79 Å². The molecule has 0 radical (unpaired) electrons. The van der Waals surface area contributed by atoms with Gasteiger partial charge in [0.25, 0.3) is 5.91 Å². The third-order valence-electron chi connectivity index (χ3n) is 3.97. The molecule has 0 aliphatic rings. The first-order chi connectivity index (χ1) is 11.4. The first-order valence-corrected chi connectivity index (χ1v) is 7.89. The van der Waals surface area contributed by atoms with Crippen molar-refractivity contribution in [2.75, 3.05) is 0 Å². The Morgan fingerprint density at radius 2 is 1.88 bits per heavy atom. The number of amides is 1. The third-order valence-corrected chi connectivity index (χ3v) is 4.21. The van der Waals surface area contributed by atoms with Gasteiger partial charge < -0.3 is 9.73 Å². The normalized spacial score (nSPS) is 10.8. The predicted molar refractivity (Wildman–Crippen MR) is 94.6 cm³/mol. The lowest BCUT2D eigenvalue weighted by molar-refractivity contribution is 0.0951. The molecule has 24 heavy (non-hydrogen) atoms. The Labute approximate surface area is 144 Å². The van der Waals surface area contributed by atoms with Crippen molar-refractivity contribution in [2.45, 2.75) is 20.4 Å². The number of fused-ring (bicyclic) bond motifs is 1. The molecule has 1 heterocycles. The molecule has 0 atom stereocenters. The minimum atomic E-state index is -0.433. The lowest BCUT2D eigenvalue weighted by Gasteiger charge is -2.10. The summed E-state index contributed by atoms with van der Waals surface area (Å²) in [5, 5.41) is 4.14. The predicted octanol–water partition coefficient (Wildman–Crippen LogP) is 3.99. The van der Waals surface area contributed by atoms with Crippen molar-refractivity contribution in [3.8, 4) is 0 Å². The fraction of sp³-hybridized carbons (Fsp3) is 0.158. The molecule has 2 aromatic carbocycles. The van der Waals surface area contributed by atoms with Crippen molar-refractivity contribution < 1.29 is 9.21 Å². The molecule has 0 aliphatic heterocycles.